The lowest BCUT2D eigenvalue weighted by Gasteiger charge is -2.10. The molecule has 1 N–H and O–H groups in total. The summed E-state index contributed by atoms with van der Waals surface area (Å²) in [5.74, 6) is 0.508. The normalized spacial score (nSPS) is 14.3. The van der Waals surface area contributed by atoms with E-state index in [0.29, 0.717) is 6.61 Å². The zero-order valence-corrected chi connectivity index (χ0v) is 13.0. The van der Waals surface area contributed by atoms with Gasteiger partial charge in [0.2, 0.25) is 0 Å². The van der Waals surface area contributed by atoms with Crippen LogP contribution in [0.3, 0.4) is 0 Å². The molecule has 2 aromatic carbocycles. The van der Waals surface area contributed by atoms with Gasteiger partial charge in [-0.1, -0.05) is 30.3 Å². The molecule has 0 aliphatic heterocycles. The summed E-state index contributed by atoms with van der Waals surface area (Å²) in [6, 6.07) is 13.8. The maximum Gasteiger partial charge on any atom is 0.262 e. The van der Waals surface area contributed by atoms with Crippen molar-refractivity contribution in [1.82, 2.24) is 5.32 Å². The maximum absolute atomic E-state index is 12.1. The van der Waals surface area contributed by atoms with Crippen LogP contribution in [0.25, 0.3) is 16.8 Å². The molecule has 4 nitrogen and oxygen atoms in total. The third kappa shape index (κ3) is 3.35. The number of hydrogen-bond donors (Lipinski definition) is 1. The van der Waals surface area contributed by atoms with Gasteiger partial charge in [0.1, 0.15) is 17.4 Å². The maximum atomic E-state index is 12.1. The molecule has 0 radical (unpaired) electrons. The zero-order valence-electron chi connectivity index (χ0n) is 13.0. The van der Waals surface area contributed by atoms with E-state index in [1.54, 1.807) is 6.08 Å². The summed E-state index contributed by atoms with van der Waals surface area (Å²) in [6.07, 6.45) is 3.64. The van der Waals surface area contributed by atoms with E-state index in [2.05, 4.69) is 5.32 Å². The Labute approximate surface area is 135 Å². The van der Waals surface area contributed by atoms with Gasteiger partial charge in [0, 0.05) is 11.4 Å². The average molecular weight is 306 g/mol. The summed E-state index contributed by atoms with van der Waals surface area (Å²) in [6.45, 7) is 2.53. The molecule has 0 atom stereocenters. The Balaban J connectivity index is 2.01. The van der Waals surface area contributed by atoms with Gasteiger partial charge in [-0.15, -0.1) is 0 Å². The van der Waals surface area contributed by atoms with E-state index in [4.69, 9.17) is 4.74 Å². The van der Waals surface area contributed by atoms with Gasteiger partial charge in [-0.25, -0.2) is 0 Å². The Morgan fingerprint density at radius 3 is 2.70 bits per heavy atom. The molecule has 0 unspecified atom stereocenters. The zero-order chi connectivity index (χ0) is 16.2. The highest BCUT2D eigenvalue weighted by molar-refractivity contribution is 6.05. The fraction of sp³-hybridized carbons (Fsp3) is 0.263. The lowest BCUT2D eigenvalue weighted by Crippen LogP contribution is -2.26. The van der Waals surface area contributed by atoms with Gasteiger partial charge in [-0.2, -0.15) is 5.26 Å². The number of amides is 1. The summed E-state index contributed by atoms with van der Waals surface area (Å²) in [7, 11) is 0. The summed E-state index contributed by atoms with van der Waals surface area (Å²) in [5.41, 5.74) is 0.970. The Morgan fingerprint density at radius 2 is 2.04 bits per heavy atom. The molecule has 3 rings (SSSR count). The smallest absolute Gasteiger partial charge is 0.262 e. The van der Waals surface area contributed by atoms with Crippen LogP contribution in [0.5, 0.6) is 5.75 Å². The first-order chi connectivity index (χ1) is 11.2. The van der Waals surface area contributed by atoms with Gasteiger partial charge >= 0.3 is 0 Å². The second-order valence-corrected chi connectivity index (χ2v) is 5.55. The van der Waals surface area contributed by atoms with Crippen LogP contribution in [0.2, 0.25) is 0 Å². The SMILES string of the molecule is CCOc1ccc(/C=C(\C#N)C(=O)NC2CC2)c2ccccc12. The van der Waals surface area contributed by atoms with Crippen LogP contribution in [-0.2, 0) is 4.79 Å². The molecule has 1 fully saturated rings. The van der Waals surface area contributed by atoms with Crippen LogP contribution < -0.4 is 10.1 Å². The van der Waals surface area contributed by atoms with Crippen molar-refractivity contribution < 1.29 is 9.53 Å². The molecule has 1 aliphatic carbocycles. The largest absolute Gasteiger partial charge is 0.493 e. The van der Waals surface area contributed by atoms with Crippen molar-refractivity contribution in [3.63, 3.8) is 0 Å². The molecule has 2 aromatic rings. The molecule has 0 spiro atoms. The first-order valence-electron chi connectivity index (χ1n) is 7.80. The standard InChI is InChI=1S/C19H18N2O2/c1-2-23-18-10-7-13(16-5-3-4-6-17(16)18)11-14(12-20)19(22)21-15-8-9-15/h3-7,10-11,15H,2,8-9H2,1H3,(H,21,22)/b14-11+. The lowest BCUT2D eigenvalue weighted by atomic mass is 10.0. The summed E-state index contributed by atoms with van der Waals surface area (Å²) in [4.78, 5) is 12.1. The Hall–Kier alpha value is -2.80. The van der Waals surface area contributed by atoms with Crippen molar-refractivity contribution in [3.05, 3.63) is 47.5 Å². The Bertz CT molecular complexity index is 814. The molecule has 23 heavy (non-hydrogen) atoms. The fourth-order valence-electron chi connectivity index (χ4n) is 2.50. The number of rotatable bonds is 5. The third-order valence-corrected chi connectivity index (χ3v) is 3.80. The number of carbonyl (C=O) groups excluding carboxylic acids is 1. The molecular formula is C19H18N2O2. The van der Waals surface area contributed by atoms with Crippen molar-refractivity contribution >= 4 is 22.8 Å². The third-order valence-electron chi connectivity index (χ3n) is 3.80. The molecule has 4 heteroatoms. The van der Waals surface area contributed by atoms with E-state index in [1.165, 1.54) is 0 Å². The van der Waals surface area contributed by atoms with E-state index in [1.807, 2.05) is 49.4 Å². The minimum absolute atomic E-state index is 0.131. The van der Waals surface area contributed by atoms with Crippen molar-refractivity contribution in [1.29, 1.82) is 5.26 Å². The van der Waals surface area contributed by atoms with Gasteiger partial charge in [-0.3, -0.25) is 4.79 Å². The first-order valence-corrected chi connectivity index (χ1v) is 7.80. The van der Waals surface area contributed by atoms with Gasteiger partial charge in [-0.05, 0) is 42.9 Å². The highest BCUT2D eigenvalue weighted by atomic mass is 16.5. The van der Waals surface area contributed by atoms with Crippen LogP contribution >= 0.6 is 0 Å². The molecule has 0 heterocycles. The van der Waals surface area contributed by atoms with Crippen LogP contribution in [0, 0.1) is 11.3 Å². The topological polar surface area (TPSA) is 62.1 Å². The summed E-state index contributed by atoms with van der Waals surface area (Å²) in [5, 5.41) is 14.1. The molecular weight excluding hydrogens is 288 g/mol. The van der Waals surface area contributed by atoms with Crippen molar-refractivity contribution in [2.45, 2.75) is 25.8 Å². The average Bonchev–Trinajstić information content (AvgIpc) is 3.38. The molecule has 116 valence electrons. The van der Waals surface area contributed by atoms with Gasteiger partial charge < -0.3 is 10.1 Å². The Kier molecular flexibility index (Phi) is 4.29. The van der Waals surface area contributed by atoms with Crippen LogP contribution in [0.1, 0.15) is 25.3 Å². The van der Waals surface area contributed by atoms with Crippen LogP contribution in [0.15, 0.2) is 42.0 Å². The second kappa shape index (κ2) is 6.53. The first kappa shape index (κ1) is 15.1. The second-order valence-electron chi connectivity index (χ2n) is 5.55. The highest BCUT2D eigenvalue weighted by Crippen LogP contribution is 2.30. The molecule has 1 amide bonds. The van der Waals surface area contributed by atoms with Gasteiger partial charge in [0.05, 0.1) is 6.61 Å². The summed E-state index contributed by atoms with van der Waals surface area (Å²) < 4.78 is 5.65. The minimum atomic E-state index is -0.298. The number of ether oxygens (including phenoxy) is 1. The number of nitriles is 1. The van der Waals surface area contributed by atoms with Crippen molar-refractivity contribution in [2.24, 2.45) is 0 Å². The van der Waals surface area contributed by atoms with E-state index >= 15 is 0 Å². The molecule has 0 aromatic heterocycles. The fourth-order valence-corrected chi connectivity index (χ4v) is 2.50. The molecule has 1 aliphatic rings. The van der Waals surface area contributed by atoms with E-state index in [-0.39, 0.29) is 17.5 Å². The minimum Gasteiger partial charge on any atom is -0.493 e. The van der Waals surface area contributed by atoms with Crippen molar-refractivity contribution in [2.75, 3.05) is 6.61 Å². The molecule has 1 saturated carbocycles. The van der Waals surface area contributed by atoms with Crippen LogP contribution in [0.4, 0.5) is 0 Å². The predicted molar refractivity (Wildman–Crippen MR) is 89.9 cm³/mol. The quantitative estimate of drug-likeness (QED) is 0.680. The van der Waals surface area contributed by atoms with E-state index in [0.717, 1.165) is 34.9 Å². The monoisotopic (exact) mass is 306 g/mol. The van der Waals surface area contributed by atoms with E-state index in [9.17, 15) is 10.1 Å². The number of carbonyl (C=O) groups is 1. The number of hydrogen-bond acceptors (Lipinski definition) is 3. The number of nitrogens with zero attached hydrogens (tertiary/aromatic N) is 1. The van der Waals surface area contributed by atoms with Crippen molar-refractivity contribution in [3.8, 4) is 11.8 Å². The summed E-state index contributed by atoms with van der Waals surface area (Å²) >= 11 is 0. The highest BCUT2D eigenvalue weighted by Gasteiger charge is 2.24. The number of nitrogens with one attached hydrogen (secondary N) is 1. The van der Waals surface area contributed by atoms with Crippen LogP contribution in [-0.4, -0.2) is 18.6 Å². The van der Waals surface area contributed by atoms with Gasteiger partial charge in [0.25, 0.3) is 5.91 Å². The van der Waals surface area contributed by atoms with Gasteiger partial charge in [0.15, 0.2) is 0 Å². The lowest BCUT2D eigenvalue weighted by molar-refractivity contribution is -0.117. The number of fused-ring (bicyclic) bond motifs is 1. The number of benzene rings is 2. The predicted octanol–water partition coefficient (Wildman–Crippen LogP) is 3.42. The van der Waals surface area contributed by atoms with E-state index < -0.39 is 0 Å². The molecule has 0 bridgehead atoms. The Morgan fingerprint density at radius 1 is 1.30 bits per heavy atom. The molecule has 0 saturated heterocycles.